The molecule has 0 aromatic carbocycles. The van der Waals surface area contributed by atoms with Crippen LogP contribution < -0.4 is 0 Å². The highest BCUT2D eigenvalue weighted by molar-refractivity contribution is 9.09. The zero-order chi connectivity index (χ0) is 23.6. The fraction of sp³-hybridized carbons (Fsp3) is 1.00. The van der Waals surface area contributed by atoms with Crippen molar-refractivity contribution in [3.8, 4) is 0 Å². The lowest BCUT2D eigenvalue weighted by Crippen LogP contribution is -2.41. The van der Waals surface area contributed by atoms with Crippen LogP contribution in [0.1, 0.15) is 161 Å². The Balaban J connectivity index is 3.18. The SMILES string of the molecule is CCCCCCCCCCCCCCCCCCCCCC[N+](C)(C)CCCCCCBr. The molecule has 0 N–H and O–H groups in total. The Hall–Kier alpha value is 0.440. The average molecular weight is 518 g/mol. The van der Waals surface area contributed by atoms with Gasteiger partial charge in [-0.2, -0.15) is 0 Å². The van der Waals surface area contributed by atoms with Crippen LogP contribution >= 0.6 is 15.9 Å². The Morgan fingerprint density at radius 2 is 0.625 bits per heavy atom. The molecule has 0 aliphatic carbocycles. The zero-order valence-corrected chi connectivity index (χ0v) is 24.5. The average Bonchev–Trinajstić information content (AvgIpc) is 2.77. The zero-order valence-electron chi connectivity index (χ0n) is 22.9. The highest BCUT2D eigenvalue weighted by Gasteiger charge is 2.13. The van der Waals surface area contributed by atoms with Crippen LogP contribution in [0.15, 0.2) is 0 Å². The van der Waals surface area contributed by atoms with Gasteiger partial charge >= 0.3 is 0 Å². The second-order valence-corrected chi connectivity index (χ2v) is 12.0. The Morgan fingerprint density at radius 3 is 0.906 bits per heavy atom. The molecule has 0 bridgehead atoms. The van der Waals surface area contributed by atoms with E-state index in [-0.39, 0.29) is 0 Å². The van der Waals surface area contributed by atoms with Crippen LogP contribution in [-0.4, -0.2) is 37.0 Å². The van der Waals surface area contributed by atoms with E-state index in [1.54, 1.807) is 0 Å². The maximum absolute atomic E-state index is 3.53. The van der Waals surface area contributed by atoms with Crippen molar-refractivity contribution in [3.63, 3.8) is 0 Å². The van der Waals surface area contributed by atoms with Crippen molar-refractivity contribution in [1.29, 1.82) is 0 Å². The van der Waals surface area contributed by atoms with Gasteiger partial charge in [-0.1, -0.05) is 145 Å². The fourth-order valence-electron chi connectivity index (χ4n) is 4.89. The van der Waals surface area contributed by atoms with Gasteiger partial charge in [0.2, 0.25) is 0 Å². The Morgan fingerprint density at radius 1 is 0.375 bits per heavy atom. The number of quaternary nitrogens is 1. The largest absolute Gasteiger partial charge is 0.328 e. The molecule has 0 radical (unpaired) electrons. The fourth-order valence-corrected chi connectivity index (χ4v) is 5.29. The highest BCUT2D eigenvalue weighted by Crippen LogP contribution is 2.15. The molecular formula is C30H63BrN+. The van der Waals surface area contributed by atoms with E-state index in [0.29, 0.717) is 0 Å². The topological polar surface area (TPSA) is 0 Å². The van der Waals surface area contributed by atoms with Crippen molar-refractivity contribution >= 4 is 15.9 Å². The first-order chi connectivity index (χ1) is 15.6. The van der Waals surface area contributed by atoms with Crippen LogP contribution in [0, 0.1) is 0 Å². The van der Waals surface area contributed by atoms with E-state index in [9.17, 15) is 0 Å². The number of halogens is 1. The predicted octanol–water partition coefficient (Wildman–Crippen LogP) is 10.8. The van der Waals surface area contributed by atoms with Crippen molar-refractivity contribution in [1.82, 2.24) is 0 Å². The van der Waals surface area contributed by atoms with Crippen molar-refractivity contribution in [2.75, 3.05) is 32.5 Å². The van der Waals surface area contributed by atoms with Crippen LogP contribution in [0.2, 0.25) is 0 Å². The molecular weight excluding hydrogens is 454 g/mol. The minimum Gasteiger partial charge on any atom is -0.328 e. The molecule has 0 aliphatic heterocycles. The summed E-state index contributed by atoms with van der Waals surface area (Å²) >= 11 is 3.53. The molecule has 32 heavy (non-hydrogen) atoms. The predicted molar refractivity (Wildman–Crippen MR) is 152 cm³/mol. The molecule has 0 aliphatic rings. The molecule has 194 valence electrons. The van der Waals surface area contributed by atoms with Gasteiger partial charge in [-0.15, -0.1) is 0 Å². The second kappa shape index (κ2) is 26.1. The maximum Gasteiger partial charge on any atom is 0.0782 e. The third-order valence-corrected chi connectivity index (χ3v) is 7.82. The molecule has 0 saturated heterocycles. The van der Waals surface area contributed by atoms with Crippen molar-refractivity contribution < 1.29 is 4.48 Å². The first-order valence-electron chi connectivity index (χ1n) is 15.0. The molecule has 0 atom stereocenters. The third kappa shape index (κ3) is 26.7. The van der Waals surface area contributed by atoms with Crippen molar-refractivity contribution in [2.24, 2.45) is 0 Å². The Bertz CT molecular complexity index is 342. The maximum atomic E-state index is 3.53. The van der Waals surface area contributed by atoms with Gasteiger partial charge in [-0.25, -0.2) is 0 Å². The minimum absolute atomic E-state index is 1.17. The Labute approximate surface area is 213 Å². The van der Waals surface area contributed by atoms with Gasteiger partial charge in [0.15, 0.2) is 0 Å². The van der Waals surface area contributed by atoms with E-state index in [0.717, 1.165) is 0 Å². The van der Waals surface area contributed by atoms with Gasteiger partial charge in [0, 0.05) is 5.33 Å². The molecule has 2 heteroatoms. The standard InChI is InChI=1S/C30H63BrN/c1-4-5-6-7-8-9-10-11-12-13-14-15-16-17-18-19-20-21-23-26-29-32(2,3)30-27-24-22-25-28-31/h4-30H2,1-3H3/q+1. The summed E-state index contributed by atoms with van der Waals surface area (Å²) in [5, 5.41) is 1.17. The molecule has 0 unspecified atom stereocenters. The van der Waals surface area contributed by atoms with Gasteiger partial charge in [0.1, 0.15) is 0 Å². The van der Waals surface area contributed by atoms with E-state index < -0.39 is 0 Å². The number of hydrogen-bond donors (Lipinski definition) is 0. The lowest BCUT2D eigenvalue weighted by molar-refractivity contribution is -0.890. The number of rotatable bonds is 27. The molecule has 0 fully saturated rings. The summed E-state index contributed by atoms with van der Waals surface area (Å²) in [6, 6.07) is 0. The van der Waals surface area contributed by atoms with Gasteiger partial charge in [-0.05, 0) is 32.1 Å². The molecule has 0 aromatic heterocycles. The number of nitrogens with zero attached hydrogens (tertiary/aromatic N) is 1. The molecule has 0 spiro atoms. The van der Waals surface area contributed by atoms with Gasteiger partial charge < -0.3 is 4.48 Å². The third-order valence-electron chi connectivity index (χ3n) is 7.26. The first-order valence-corrected chi connectivity index (χ1v) is 16.1. The van der Waals surface area contributed by atoms with E-state index in [1.165, 1.54) is 177 Å². The quantitative estimate of drug-likeness (QED) is 0.0577. The number of alkyl halides is 1. The van der Waals surface area contributed by atoms with Gasteiger partial charge in [0.05, 0.1) is 27.2 Å². The number of hydrogen-bond acceptors (Lipinski definition) is 0. The lowest BCUT2D eigenvalue weighted by Gasteiger charge is -2.30. The van der Waals surface area contributed by atoms with Crippen molar-refractivity contribution in [2.45, 2.75) is 161 Å². The summed E-state index contributed by atoms with van der Waals surface area (Å²) < 4.78 is 1.23. The molecule has 0 heterocycles. The summed E-state index contributed by atoms with van der Waals surface area (Å²) in [4.78, 5) is 0. The summed E-state index contributed by atoms with van der Waals surface area (Å²) in [6.45, 7) is 5.04. The van der Waals surface area contributed by atoms with Crippen LogP contribution in [0.25, 0.3) is 0 Å². The molecule has 0 rings (SSSR count). The van der Waals surface area contributed by atoms with E-state index in [4.69, 9.17) is 0 Å². The molecule has 0 amide bonds. The normalized spacial score (nSPS) is 12.0. The van der Waals surface area contributed by atoms with Gasteiger partial charge in [0.25, 0.3) is 0 Å². The van der Waals surface area contributed by atoms with Crippen LogP contribution in [0.4, 0.5) is 0 Å². The highest BCUT2D eigenvalue weighted by atomic mass is 79.9. The minimum atomic E-state index is 1.17. The summed E-state index contributed by atoms with van der Waals surface area (Å²) in [7, 11) is 4.86. The number of unbranched alkanes of at least 4 members (excludes halogenated alkanes) is 22. The molecule has 0 saturated carbocycles. The first kappa shape index (κ1) is 32.4. The van der Waals surface area contributed by atoms with Crippen LogP contribution in [0.5, 0.6) is 0 Å². The van der Waals surface area contributed by atoms with Crippen LogP contribution in [-0.2, 0) is 0 Å². The molecule has 1 nitrogen and oxygen atoms in total. The van der Waals surface area contributed by atoms with E-state index >= 15 is 0 Å². The summed E-state index contributed by atoms with van der Waals surface area (Å²) in [6.07, 6.45) is 34.9. The summed E-state index contributed by atoms with van der Waals surface area (Å²) in [5.41, 5.74) is 0. The summed E-state index contributed by atoms with van der Waals surface area (Å²) in [5.74, 6) is 0. The lowest BCUT2D eigenvalue weighted by atomic mass is 10.0. The molecule has 0 aromatic rings. The van der Waals surface area contributed by atoms with E-state index in [1.807, 2.05) is 0 Å². The van der Waals surface area contributed by atoms with E-state index in [2.05, 4.69) is 36.9 Å². The smallest absolute Gasteiger partial charge is 0.0782 e. The monoisotopic (exact) mass is 516 g/mol. The van der Waals surface area contributed by atoms with Gasteiger partial charge in [-0.3, -0.25) is 0 Å². The van der Waals surface area contributed by atoms with Crippen molar-refractivity contribution in [3.05, 3.63) is 0 Å². The Kier molecular flexibility index (Phi) is 26.4. The second-order valence-electron chi connectivity index (χ2n) is 11.2. The van der Waals surface area contributed by atoms with Crippen LogP contribution in [0.3, 0.4) is 0 Å².